The van der Waals surface area contributed by atoms with Crippen LogP contribution in [0.4, 0.5) is 11.4 Å². The Hall–Kier alpha value is -2.23. The standard InChI is InChI=1S/C13H10ClN3O2S/c14-12-7-10(3-6-13(12)16)17-20(18,19)11-4-1-9(8-15)2-5-11/h1-7,17H,16H2. The molecule has 7 heteroatoms. The fourth-order valence-corrected chi connectivity index (χ4v) is 2.74. The summed E-state index contributed by atoms with van der Waals surface area (Å²) >= 11 is 5.83. The zero-order chi connectivity index (χ0) is 14.8. The van der Waals surface area contributed by atoms with Gasteiger partial charge in [0, 0.05) is 0 Å². The van der Waals surface area contributed by atoms with E-state index in [1.807, 2.05) is 6.07 Å². The number of nitrogens with two attached hydrogens (primary N) is 1. The zero-order valence-electron chi connectivity index (χ0n) is 10.2. The van der Waals surface area contributed by atoms with Gasteiger partial charge in [-0.3, -0.25) is 4.72 Å². The van der Waals surface area contributed by atoms with Gasteiger partial charge in [-0.1, -0.05) is 11.6 Å². The lowest BCUT2D eigenvalue weighted by atomic mass is 10.2. The predicted octanol–water partition coefficient (Wildman–Crippen LogP) is 2.59. The molecular weight excluding hydrogens is 298 g/mol. The normalized spacial score (nSPS) is 10.8. The minimum absolute atomic E-state index is 0.0597. The van der Waals surface area contributed by atoms with Crippen LogP contribution >= 0.6 is 11.6 Å². The van der Waals surface area contributed by atoms with Crippen molar-refractivity contribution in [3.05, 3.63) is 53.1 Å². The largest absolute Gasteiger partial charge is 0.398 e. The number of nitrogen functional groups attached to an aromatic ring is 1. The Morgan fingerprint density at radius 1 is 1.15 bits per heavy atom. The molecule has 0 heterocycles. The number of rotatable bonds is 3. The van der Waals surface area contributed by atoms with E-state index in [0.717, 1.165) is 0 Å². The molecule has 2 aromatic rings. The minimum Gasteiger partial charge on any atom is -0.398 e. The number of nitrogens with one attached hydrogen (secondary N) is 1. The van der Waals surface area contributed by atoms with Crippen molar-refractivity contribution in [3.8, 4) is 6.07 Å². The lowest BCUT2D eigenvalue weighted by Crippen LogP contribution is -2.13. The van der Waals surface area contributed by atoms with E-state index in [1.54, 1.807) is 0 Å². The second-order valence-electron chi connectivity index (χ2n) is 3.98. The molecule has 20 heavy (non-hydrogen) atoms. The van der Waals surface area contributed by atoms with Crippen LogP contribution in [0.15, 0.2) is 47.4 Å². The molecule has 2 aromatic carbocycles. The molecule has 102 valence electrons. The molecule has 0 aliphatic rings. The monoisotopic (exact) mass is 307 g/mol. The molecule has 0 amide bonds. The van der Waals surface area contributed by atoms with Crippen LogP contribution in [-0.4, -0.2) is 8.42 Å². The van der Waals surface area contributed by atoms with Crippen LogP contribution in [0.2, 0.25) is 5.02 Å². The average molecular weight is 308 g/mol. The molecule has 5 nitrogen and oxygen atoms in total. The van der Waals surface area contributed by atoms with Crippen molar-refractivity contribution in [3.63, 3.8) is 0 Å². The number of nitrogens with zero attached hydrogens (tertiary/aromatic N) is 1. The fraction of sp³-hybridized carbons (Fsp3) is 0. The van der Waals surface area contributed by atoms with E-state index < -0.39 is 10.0 Å². The molecule has 0 aliphatic carbocycles. The number of hydrogen-bond acceptors (Lipinski definition) is 4. The number of hydrogen-bond donors (Lipinski definition) is 2. The lowest BCUT2D eigenvalue weighted by Gasteiger charge is -2.09. The van der Waals surface area contributed by atoms with Gasteiger partial charge in [0.2, 0.25) is 0 Å². The van der Waals surface area contributed by atoms with Gasteiger partial charge in [-0.25, -0.2) is 8.42 Å². The van der Waals surface area contributed by atoms with Crippen LogP contribution in [0, 0.1) is 11.3 Å². The highest BCUT2D eigenvalue weighted by molar-refractivity contribution is 7.92. The first kappa shape index (κ1) is 14.2. The Bertz CT molecular complexity index is 780. The van der Waals surface area contributed by atoms with E-state index in [4.69, 9.17) is 22.6 Å². The van der Waals surface area contributed by atoms with Crippen molar-refractivity contribution in [2.24, 2.45) is 0 Å². The van der Waals surface area contributed by atoms with E-state index >= 15 is 0 Å². The third kappa shape index (κ3) is 3.02. The molecular formula is C13H10ClN3O2S. The van der Waals surface area contributed by atoms with E-state index in [-0.39, 0.29) is 9.92 Å². The topological polar surface area (TPSA) is 96.0 Å². The van der Waals surface area contributed by atoms with Gasteiger partial charge >= 0.3 is 0 Å². The maximum atomic E-state index is 12.1. The molecule has 0 aromatic heterocycles. The van der Waals surface area contributed by atoms with E-state index in [1.165, 1.54) is 42.5 Å². The average Bonchev–Trinajstić information content (AvgIpc) is 2.43. The molecule has 0 saturated heterocycles. The molecule has 0 bridgehead atoms. The number of nitriles is 1. The predicted molar refractivity (Wildman–Crippen MR) is 77.8 cm³/mol. The smallest absolute Gasteiger partial charge is 0.261 e. The fourth-order valence-electron chi connectivity index (χ4n) is 1.51. The van der Waals surface area contributed by atoms with E-state index in [2.05, 4.69) is 4.72 Å². The Kier molecular flexibility index (Phi) is 3.84. The summed E-state index contributed by atoms with van der Waals surface area (Å²) in [6, 6.07) is 12.0. The molecule has 3 N–H and O–H groups in total. The maximum Gasteiger partial charge on any atom is 0.261 e. The first-order chi connectivity index (χ1) is 9.42. The minimum atomic E-state index is -3.73. The molecule has 0 atom stereocenters. The van der Waals surface area contributed by atoms with Crippen molar-refractivity contribution in [2.75, 3.05) is 10.5 Å². The second-order valence-corrected chi connectivity index (χ2v) is 6.07. The summed E-state index contributed by atoms with van der Waals surface area (Å²) in [4.78, 5) is 0.0597. The highest BCUT2D eigenvalue weighted by Crippen LogP contribution is 2.24. The SMILES string of the molecule is N#Cc1ccc(S(=O)(=O)Nc2ccc(N)c(Cl)c2)cc1. The lowest BCUT2D eigenvalue weighted by molar-refractivity contribution is 0.601. The summed E-state index contributed by atoms with van der Waals surface area (Å²) in [7, 11) is -3.73. The molecule has 2 rings (SSSR count). The van der Waals surface area contributed by atoms with Gasteiger partial charge in [0.15, 0.2) is 0 Å². The third-order valence-corrected chi connectivity index (χ3v) is 4.27. The highest BCUT2D eigenvalue weighted by Gasteiger charge is 2.14. The van der Waals surface area contributed by atoms with Gasteiger partial charge in [-0.15, -0.1) is 0 Å². The quantitative estimate of drug-likeness (QED) is 0.852. The van der Waals surface area contributed by atoms with Gasteiger partial charge in [-0.2, -0.15) is 5.26 Å². The molecule has 0 fully saturated rings. The number of halogens is 1. The molecule has 0 radical (unpaired) electrons. The maximum absolute atomic E-state index is 12.1. The summed E-state index contributed by atoms with van der Waals surface area (Å²) in [5, 5.41) is 8.95. The third-order valence-electron chi connectivity index (χ3n) is 2.55. The van der Waals surface area contributed by atoms with E-state index in [0.29, 0.717) is 16.9 Å². The Labute approximate surface area is 121 Å². The summed E-state index contributed by atoms with van der Waals surface area (Å²) in [5.74, 6) is 0. The van der Waals surface area contributed by atoms with Gasteiger partial charge < -0.3 is 5.73 Å². The van der Waals surface area contributed by atoms with Crippen molar-refractivity contribution in [1.82, 2.24) is 0 Å². The summed E-state index contributed by atoms with van der Waals surface area (Å²) in [5.41, 5.74) is 6.63. The van der Waals surface area contributed by atoms with Crippen LogP contribution in [0.3, 0.4) is 0 Å². The first-order valence-corrected chi connectivity index (χ1v) is 7.36. The van der Waals surface area contributed by atoms with Gasteiger partial charge in [-0.05, 0) is 42.5 Å². The summed E-state index contributed by atoms with van der Waals surface area (Å²) in [6.45, 7) is 0. The number of sulfonamides is 1. The van der Waals surface area contributed by atoms with Crippen LogP contribution in [0.25, 0.3) is 0 Å². The van der Waals surface area contributed by atoms with Crippen molar-refractivity contribution in [2.45, 2.75) is 4.90 Å². The highest BCUT2D eigenvalue weighted by atomic mass is 35.5. The zero-order valence-corrected chi connectivity index (χ0v) is 11.7. The van der Waals surface area contributed by atoms with Gasteiger partial charge in [0.25, 0.3) is 10.0 Å². The molecule has 0 saturated carbocycles. The van der Waals surface area contributed by atoms with Gasteiger partial charge in [0.05, 0.1) is 32.9 Å². The van der Waals surface area contributed by atoms with Crippen LogP contribution in [0.1, 0.15) is 5.56 Å². The number of anilines is 2. The summed E-state index contributed by atoms with van der Waals surface area (Å²) < 4.78 is 26.6. The number of benzene rings is 2. The van der Waals surface area contributed by atoms with E-state index in [9.17, 15) is 8.42 Å². The molecule has 0 unspecified atom stereocenters. The molecule has 0 spiro atoms. The van der Waals surface area contributed by atoms with Gasteiger partial charge in [0.1, 0.15) is 0 Å². The Morgan fingerprint density at radius 3 is 2.35 bits per heavy atom. The van der Waals surface area contributed by atoms with Crippen molar-refractivity contribution >= 4 is 33.0 Å². The van der Waals surface area contributed by atoms with Crippen molar-refractivity contribution < 1.29 is 8.42 Å². The first-order valence-electron chi connectivity index (χ1n) is 5.50. The second kappa shape index (κ2) is 5.41. The Balaban J connectivity index is 2.30. The van der Waals surface area contributed by atoms with Crippen LogP contribution in [-0.2, 0) is 10.0 Å². The van der Waals surface area contributed by atoms with Crippen LogP contribution < -0.4 is 10.5 Å². The van der Waals surface area contributed by atoms with Crippen LogP contribution in [0.5, 0.6) is 0 Å². The Morgan fingerprint density at radius 2 is 1.80 bits per heavy atom. The summed E-state index contributed by atoms with van der Waals surface area (Å²) in [6.07, 6.45) is 0. The van der Waals surface area contributed by atoms with Crippen molar-refractivity contribution in [1.29, 1.82) is 5.26 Å². The molecule has 0 aliphatic heterocycles.